The predicted molar refractivity (Wildman–Crippen MR) is 123 cm³/mol. The highest BCUT2D eigenvalue weighted by Crippen LogP contribution is 2.25. The van der Waals surface area contributed by atoms with Crippen molar-refractivity contribution in [2.24, 2.45) is 0 Å². The van der Waals surface area contributed by atoms with Gasteiger partial charge in [-0.25, -0.2) is 0 Å². The molecule has 0 bridgehead atoms. The van der Waals surface area contributed by atoms with Crippen LogP contribution in [0.25, 0.3) is 0 Å². The van der Waals surface area contributed by atoms with Gasteiger partial charge in [-0.15, -0.1) is 0 Å². The second-order valence-corrected chi connectivity index (χ2v) is 8.60. The summed E-state index contributed by atoms with van der Waals surface area (Å²) in [6.45, 7) is 3.78. The fourth-order valence-electron chi connectivity index (χ4n) is 3.48. The van der Waals surface area contributed by atoms with Crippen molar-refractivity contribution in [3.8, 4) is 0 Å². The van der Waals surface area contributed by atoms with Crippen LogP contribution in [0, 0.1) is 13.8 Å². The number of carbonyl (C=O) groups is 4. The Morgan fingerprint density at radius 1 is 0.969 bits per heavy atom. The Morgan fingerprint density at radius 2 is 1.62 bits per heavy atom. The van der Waals surface area contributed by atoms with Crippen LogP contribution in [0.15, 0.2) is 40.9 Å². The quantitative estimate of drug-likeness (QED) is 0.312. The number of unbranched alkanes of at least 4 members (excludes halogenated alkanes) is 2. The molecule has 1 aliphatic heterocycles. The molecule has 168 valence electrons. The summed E-state index contributed by atoms with van der Waals surface area (Å²) in [7, 11) is 0. The molecule has 0 fully saturated rings. The Morgan fingerprint density at radius 3 is 2.28 bits per heavy atom. The first-order valence-electron chi connectivity index (χ1n) is 10.5. The number of fused-ring (bicyclic) bond motifs is 1. The van der Waals surface area contributed by atoms with Crippen LogP contribution in [0.4, 0.5) is 5.69 Å². The van der Waals surface area contributed by atoms with Gasteiger partial charge < -0.3 is 10.1 Å². The Labute approximate surface area is 195 Å². The minimum Gasteiger partial charge on any atom is -0.456 e. The number of hydrogen-bond acceptors (Lipinski definition) is 5. The van der Waals surface area contributed by atoms with Crippen molar-refractivity contribution >= 4 is 45.3 Å². The van der Waals surface area contributed by atoms with Gasteiger partial charge in [-0.1, -0.05) is 34.5 Å². The lowest BCUT2D eigenvalue weighted by molar-refractivity contribution is -0.147. The lowest BCUT2D eigenvalue weighted by Gasteiger charge is -2.13. The number of carbonyl (C=O) groups excluding carboxylic acids is 4. The van der Waals surface area contributed by atoms with E-state index in [9.17, 15) is 19.2 Å². The van der Waals surface area contributed by atoms with Gasteiger partial charge >= 0.3 is 5.97 Å². The van der Waals surface area contributed by atoms with Crippen LogP contribution in [-0.2, 0) is 14.3 Å². The Hall–Kier alpha value is -3.00. The maximum absolute atomic E-state index is 12.3. The molecule has 0 saturated carbocycles. The molecule has 1 heterocycles. The van der Waals surface area contributed by atoms with Crippen molar-refractivity contribution in [2.75, 3.05) is 18.5 Å². The van der Waals surface area contributed by atoms with E-state index >= 15 is 0 Å². The van der Waals surface area contributed by atoms with Crippen LogP contribution in [0.2, 0.25) is 0 Å². The molecule has 2 aromatic rings. The van der Waals surface area contributed by atoms with Gasteiger partial charge in [0.15, 0.2) is 6.61 Å². The molecule has 0 unspecified atom stereocenters. The molecule has 0 radical (unpaired) electrons. The molecule has 8 heteroatoms. The molecule has 0 aromatic heterocycles. The van der Waals surface area contributed by atoms with E-state index in [0.29, 0.717) is 42.6 Å². The van der Waals surface area contributed by atoms with Crippen LogP contribution in [0.1, 0.15) is 57.5 Å². The molecule has 3 rings (SSSR count). The number of amides is 3. The van der Waals surface area contributed by atoms with Gasteiger partial charge in [-0.3, -0.25) is 24.1 Å². The van der Waals surface area contributed by atoms with E-state index in [1.54, 1.807) is 24.3 Å². The molecular formula is C24H25BrN2O5. The van der Waals surface area contributed by atoms with Gasteiger partial charge in [0.1, 0.15) is 0 Å². The normalized spacial score (nSPS) is 12.7. The molecule has 2 aromatic carbocycles. The van der Waals surface area contributed by atoms with E-state index in [0.717, 1.165) is 15.6 Å². The molecule has 0 atom stereocenters. The van der Waals surface area contributed by atoms with Gasteiger partial charge in [0.2, 0.25) is 0 Å². The Bertz CT molecular complexity index is 1030. The standard InChI is InChI=1S/C24H25BrN2O5/c1-15-13-20(16(2)12-19(15)25)26-21(28)14-32-22(29)10-4-3-7-11-27-23(30)17-8-5-6-9-18(17)24(27)31/h5-6,8-9,12-13H,3-4,7,10-11,14H2,1-2H3,(H,26,28). The number of halogens is 1. The van der Waals surface area contributed by atoms with Crippen LogP contribution < -0.4 is 5.32 Å². The van der Waals surface area contributed by atoms with Crippen molar-refractivity contribution in [1.82, 2.24) is 4.90 Å². The first-order valence-corrected chi connectivity index (χ1v) is 11.2. The van der Waals surface area contributed by atoms with Gasteiger partial charge in [-0.05, 0) is 62.1 Å². The maximum Gasteiger partial charge on any atom is 0.306 e. The van der Waals surface area contributed by atoms with Crippen LogP contribution in [0.3, 0.4) is 0 Å². The highest BCUT2D eigenvalue weighted by atomic mass is 79.9. The van der Waals surface area contributed by atoms with Gasteiger partial charge in [-0.2, -0.15) is 0 Å². The minimum atomic E-state index is -0.454. The number of imide groups is 1. The molecule has 1 N–H and O–H groups in total. The first kappa shape index (κ1) is 23.7. The molecule has 32 heavy (non-hydrogen) atoms. The van der Waals surface area contributed by atoms with E-state index in [2.05, 4.69) is 21.2 Å². The highest BCUT2D eigenvalue weighted by molar-refractivity contribution is 9.10. The van der Waals surface area contributed by atoms with Gasteiger partial charge in [0.25, 0.3) is 17.7 Å². The van der Waals surface area contributed by atoms with E-state index < -0.39 is 11.9 Å². The summed E-state index contributed by atoms with van der Waals surface area (Å²) in [5.74, 6) is -1.39. The molecular weight excluding hydrogens is 476 g/mol. The van der Waals surface area contributed by atoms with E-state index in [1.165, 1.54) is 4.90 Å². The fraction of sp³-hybridized carbons (Fsp3) is 0.333. The lowest BCUT2D eigenvalue weighted by Crippen LogP contribution is -2.30. The number of anilines is 1. The number of aryl methyl sites for hydroxylation is 2. The summed E-state index contributed by atoms with van der Waals surface area (Å²) in [5.41, 5.74) is 3.45. The smallest absolute Gasteiger partial charge is 0.306 e. The van der Waals surface area contributed by atoms with E-state index in [-0.39, 0.29) is 24.8 Å². The third-order valence-corrected chi connectivity index (χ3v) is 6.14. The van der Waals surface area contributed by atoms with Crippen LogP contribution in [-0.4, -0.2) is 41.7 Å². The van der Waals surface area contributed by atoms with Crippen LogP contribution >= 0.6 is 15.9 Å². The second-order valence-electron chi connectivity index (χ2n) is 7.74. The summed E-state index contributed by atoms with van der Waals surface area (Å²) in [4.78, 5) is 49.8. The summed E-state index contributed by atoms with van der Waals surface area (Å²) in [6.07, 6.45) is 1.98. The Kier molecular flexibility index (Phi) is 7.80. The minimum absolute atomic E-state index is 0.172. The molecule has 3 amide bonds. The molecule has 0 saturated heterocycles. The van der Waals surface area contributed by atoms with Crippen molar-refractivity contribution < 1.29 is 23.9 Å². The number of ether oxygens (including phenoxy) is 1. The molecule has 7 nitrogen and oxygen atoms in total. The van der Waals surface area contributed by atoms with Crippen LogP contribution in [0.5, 0.6) is 0 Å². The predicted octanol–water partition coefficient (Wildman–Crippen LogP) is 4.40. The Balaban J connectivity index is 1.33. The monoisotopic (exact) mass is 500 g/mol. The van der Waals surface area contributed by atoms with Crippen molar-refractivity contribution in [3.05, 3.63) is 63.1 Å². The summed E-state index contributed by atoms with van der Waals surface area (Å²) >= 11 is 3.45. The third kappa shape index (κ3) is 5.62. The van der Waals surface area contributed by atoms with E-state index in [1.807, 2.05) is 26.0 Å². The van der Waals surface area contributed by atoms with Crippen molar-refractivity contribution in [1.29, 1.82) is 0 Å². The maximum atomic E-state index is 12.3. The van der Waals surface area contributed by atoms with Crippen molar-refractivity contribution in [2.45, 2.75) is 39.5 Å². The SMILES string of the molecule is Cc1cc(NC(=O)COC(=O)CCCCCN2C(=O)c3ccccc3C2=O)c(C)cc1Br. The average molecular weight is 501 g/mol. The van der Waals surface area contributed by atoms with E-state index in [4.69, 9.17) is 4.74 Å². The largest absolute Gasteiger partial charge is 0.456 e. The van der Waals surface area contributed by atoms with Gasteiger partial charge in [0, 0.05) is 23.1 Å². The summed E-state index contributed by atoms with van der Waals surface area (Å²) < 4.78 is 6.01. The molecule has 1 aliphatic rings. The highest BCUT2D eigenvalue weighted by Gasteiger charge is 2.34. The molecule has 0 aliphatic carbocycles. The number of benzene rings is 2. The number of nitrogens with zero attached hydrogens (tertiary/aromatic N) is 1. The molecule has 0 spiro atoms. The second kappa shape index (κ2) is 10.5. The van der Waals surface area contributed by atoms with Crippen molar-refractivity contribution in [3.63, 3.8) is 0 Å². The topological polar surface area (TPSA) is 92.8 Å². The lowest BCUT2D eigenvalue weighted by atomic mass is 10.1. The number of hydrogen-bond donors (Lipinski definition) is 1. The number of nitrogens with one attached hydrogen (secondary N) is 1. The zero-order valence-corrected chi connectivity index (χ0v) is 19.7. The fourth-order valence-corrected chi connectivity index (χ4v) is 3.94. The van der Waals surface area contributed by atoms with Gasteiger partial charge in [0.05, 0.1) is 11.1 Å². The number of esters is 1. The average Bonchev–Trinajstić information content (AvgIpc) is 3.01. The zero-order chi connectivity index (χ0) is 23.3. The summed E-state index contributed by atoms with van der Waals surface area (Å²) in [5, 5.41) is 2.75. The summed E-state index contributed by atoms with van der Waals surface area (Å²) in [6, 6.07) is 10.6. The third-order valence-electron chi connectivity index (χ3n) is 5.28. The zero-order valence-electron chi connectivity index (χ0n) is 18.1. The number of rotatable bonds is 9. The first-order chi connectivity index (χ1) is 15.3.